The van der Waals surface area contributed by atoms with E-state index in [9.17, 15) is 9.90 Å². The topological polar surface area (TPSA) is 86.7 Å². The predicted octanol–water partition coefficient (Wildman–Crippen LogP) is 4.85. The Labute approximate surface area is 219 Å². The van der Waals surface area contributed by atoms with E-state index in [-0.39, 0.29) is 6.54 Å². The molecule has 1 unspecified atom stereocenters. The van der Waals surface area contributed by atoms with Crippen LogP contribution in [0.2, 0.25) is 0 Å². The molecule has 2 saturated heterocycles. The fourth-order valence-corrected chi connectivity index (χ4v) is 4.77. The molecule has 8 nitrogen and oxygen atoms in total. The van der Waals surface area contributed by atoms with Crippen LogP contribution in [0, 0.1) is 0 Å². The third-order valence-electron chi connectivity index (χ3n) is 6.60. The average Bonchev–Trinajstić information content (AvgIpc) is 3.25. The normalized spacial score (nSPS) is 25.1. The fourth-order valence-electron chi connectivity index (χ4n) is 4.77. The standard InChI is InChI=1S/C29H39NO7/c1-29(2,3)37-28(32)30-18-23(35-19-20-10-6-5-7-11-20)27(36-24-12-8-9-17-34-24)25(30)26(31)21-13-15-22(33-4)16-14-21/h5-7,10-11,13-16,23-27,31H,8-9,12,17-19H2,1-4H3/t23-,24?,25+,26-,27+/m0/s1. The molecule has 4 rings (SSSR count). The molecule has 0 aromatic heterocycles. The van der Waals surface area contributed by atoms with Crippen molar-refractivity contribution < 1.29 is 33.6 Å². The van der Waals surface area contributed by atoms with Gasteiger partial charge in [0.05, 0.1) is 26.3 Å². The lowest BCUT2D eigenvalue weighted by molar-refractivity contribution is -0.215. The smallest absolute Gasteiger partial charge is 0.410 e. The summed E-state index contributed by atoms with van der Waals surface area (Å²) in [7, 11) is 1.59. The molecule has 0 spiro atoms. The van der Waals surface area contributed by atoms with E-state index in [2.05, 4.69) is 0 Å². The van der Waals surface area contributed by atoms with Gasteiger partial charge in [-0.05, 0) is 63.3 Å². The van der Waals surface area contributed by atoms with Crippen LogP contribution >= 0.6 is 0 Å². The zero-order chi connectivity index (χ0) is 26.4. The zero-order valence-electron chi connectivity index (χ0n) is 22.2. The van der Waals surface area contributed by atoms with Gasteiger partial charge in [0.15, 0.2) is 6.29 Å². The number of likely N-dealkylation sites (tertiary alicyclic amines) is 1. The number of amides is 1. The first kappa shape index (κ1) is 27.4. The molecule has 202 valence electrons. The molecule has 2 heterocycles. The van der Waals surface area contributed by atoms with Crippen LogP contribution in [0.5, 0.6) is 5.75 Å². The van der Waals surface area contributed by atoms with Gasteiger partial charge in [0.1, 0.15) is 29.7 Å². The molecule has 1 amide bonds. The van der Waals surface area contributed by atoms with Crippen molar-refractivity contribution in [3.05, 3.63) is 65.7 Å². The van der Waals surface area contributed by atoms with Gasteiger partial charge < -0.3 is 28.8 Å². The number of benzene rings is 2. The van der Waals surface area contributed by atoms with Crippen LogP contribution in [0.3, 0.4) is 0 Å². The monoisotopic (exact) mass is 513 g/mol. The summed E-state index contributed by atoms with van der Waals surface area (Å²) >= 11 is 0. The van der Waals surface area contributed by atoms with Crippen molar-refractivity contribution in [2.75, 3.05) is 20.3 Å². The SMILES string of the molecule is COc1ccc([C@H](O)[C@@H]2[C@H](OC3CCCCO3)[C@@H](OCc3ccccc3)CN2C(=O)OC(C)(C)C)cc1. The molecule has 5 atom stereocenters. The van der Waals surface area contributed by atoms with Gasteiger partial charge in [-0.15, -0.1) is 0 Å². The van der Waals surface area contributed by atoms with Crippen molar-refractivity contribution in [1.82, 2.24) is 4.90 Å². The van der Waals surface area contributed by atoms with Gasteiger partial charge in [-0.2, -0.15) is 0 Å². The molecule has 0 radical (unpaired) electrons. The second-order valence-electron chi connectivity index (χ2n) is 10.6. The number of hydrogen-bond acceptors (Lipinski definition) is 7. The second kappa shape index (κ2) is 12.3. The van der Waals surface area contributed by atoms with E-state index in [1.54, 1.807) is 36.3 Å². The maximum absolute atomic E-state index is 13.4. The maximum atomic E-state index is 13.4. The van der Waals surface area contributed by atoms with E-state index in [1.165, 1.54) is 0 Å². The number of hydrogen-bond donors (Lipinski definition) is 1. The highest BCUT2D eigenvalue weighted by molar-refractivity contribution is 5.69. The van der Waals surface area contributed by atoms with Crippen molar-refractivity contribution >= 4 is 6.09 Å². The molecule has 0 saturated carbocycles. The Morgan fingerprint density at radius 3 is 2.46 bits per heavy atom. The maximum Gasteiger partial charge on any atom is 0.410 e. The lowest BCUT2D eigenvalue weighted by Crippen LogP contribution is -2.48. The van der Waals surface area contributed by atoms with Crippen molar-refractivity contribution in [2.45, 2.75) is 82.9 Å². The Kier molecular flexibility index (Phi) is 9.08. The summed E-state index contributed by atoms with van der Waals surface area (Å²) in [4.78, 5) is 14.9. The summed E-state index contributed by atoms with van der Waals surface area (Å²) in [5, 5.41) is 11.6. The molecule has 2 aliphatic rings. The number of aliphatic hydroxyl groups excluding tert-OH is 1. The molecule has 37 heavy (non-hydrogen) atoms. The van der Waals surface area contributed by atoms with Crippen molar-refractivity contribution in [3.63, 3.8) is 0 Å². The Balaban J connectivity index is 1.64. The molecular formula is C29H39NO7. The summed E-state index contributed by atoms with van der Waals surface area (Å²) in [6.07, 6.45) is -0.376. The summed E-state index contributed by atoms with van der Waals surface area (Å²) in [5.74, 6) is 0.679. The number of ether oxygens (including phenoxy) is 5. The van der Waals surface area contributed by atoms with Gasteiger partial charge in [-0.25, -0.2) is 4.79 Å². The van der Waals surface area contributed by atoms with Crippen LogP contribution in [0.25, 0.3) is 0 Å². The highest BCUT2D eigenvalue weighted by atomic mass is 16.7. The summed E-state index contributed by atoms with van der Waals surface area (Å²) in [6.45, 7) is 6.66. The van der Waals surface area contributed by atoms with Crippen molar-refractivity contribution in [1.29, 1.82) is 0 Å². The number of rotatable bonds is 8. The van der Waals surface area contributed by atoms with Crippen LogP contribution in [0.1, 0.15) is 57.3 Å². The molecule has 0 bridgehead atoms. The third kappa shape index (κ3) is 7.23. The van der Waals surface area contributed by atoms with E-state index in [0.29, 0.717) is 24.5 Å². The van der Waals surface area contributed by atoms with Gasteiger partial charge in [0, 0.05) is 6.61 Å². The van der Waals surface area contributed by atoms with E-state index in [0.717, 1.165) is 24.8 Å². The summed E-state index contributed by atoms with van der Waals surface area (Å²) in [6, 6.07) is 16.3. The third-order valence-corrected chi connectivity index (χ3v) is 6.60. The van der Waals surface area contributed by atoms with Gasteiger partial charge >= 0.3 is 6.09 Å². The Hall–Kier alpha value is -2.65. The molecule has 2 aromatic rings. The van der Waals surface area contributed by atoms with Crippen LogP contribution in [0.4, 0.5) is 4.79 Å². The van der Waals surface area contributed by atoms with E-state index < -0.39 is 42.3 Å². The minimum Gasteiger partial charge on any atom is -0.497 e. The highest BCUT2D eigenvalue weighted by Gasteiger charge is 2.51. The summed E-state index contributed by atoms with van der Waals surface area (Å²) < 4.78 is 29.7. The minimum atomic E-state index is -1.04. The molecular weight excluding hydrogens is 474 g/mol. The quantitative estimate of drug-likeness (QED) is 0.540. The van der Waals surface area contributed by atoms with Crippen LogP contribution < -0.4 is 4.74 Å². The number of carbonyl (C=O) groups excluding carboxylic acids is 1. The molecule has 0 aliphatic carbocycles. The largest absolute Gasteiger partial charge is 0.497 e. The van der Waals surface area contributed by atoms with Crippen LogP contribution in [-0.2, 0) is 25.6 Å². The zero-order valence-corrected chi connectivity index (χ0v) is 22.2. The Bertz CT molecular complexity index is 986. The van der Waals surface area contributed by atoms with Crippen molar-refractivity contribution in [2.24, 2.45) is 0 Å². The average molecular weight is 514 g/mol. The first-order chi connectivity index (χ1) is 17.7. The van der Waals surface area contributed by atoms with E-state index >= 15 is 0 Å². The molecule has 2 aliphatic heterocycles. The summed E-state index contributed by atoms with van der Waals surface area (Å²) in [5.41, 5.74) is 0.956. The van der Waals surface area contributed by atoms with Gasteiger partial charge in [0.2, 0.25) is 0 Å². The van der Waals surface area contributed by atoms with Gasteiger partial charge in [-0.1, -0.05) is 42.5 Å². The van der Waals surface area contributed by atoms with Gasteiger partial charge in [-0.3, -0.25) is 4.90 Å². The van der Waals surface area contributed by atoms with E-state index in [1.807, 2.05) is 51.1 Å². The lowest BCUT2D eigenvalue weighted by Gasteiger charge is -2.35. The van der Waals surface area contributed by atoms with Crippen molar-refractivity contribution in [3.8, 4) is 5.75 Å². The van der Waals surface area contributed by atoms with E-state index in [4.69, 9.17) is 23.7 Å². The number of nitrogens with zero attached hydrogens (tertiary/aromatic N) is 1. The molecule has 1 N–H and O–H groups in total. The molecule has 2 aromatic carbocycles. The Morgan fingerprint density at radius 2 is 1.84 bits per heavy atom. The first-order valence-corrected chi connectivity index (χ1v) is 13.0. The van der Waals surface area contributed by atoms with Gasteiger partial charge in [0.25, 0.3) is 0 Å². The number of aliphatic hydroxyl groups is 1. The number of carbonyl (C=O) groups is 1. The lowest BCUT2D eigenvalue weighted by atomic mass is 9.97. The van der Waals surface area contributed by atoms with Crippen LogP contribution in [-0.4, -0.2) is 66.5 Å². The molecule has 8 heteroatoms. The fraction of sp³-hybridized carbons (Fsp3) is 0.552. The number of methoxy groups -OCH3 is 1. The predicted molar refractivity (Wildman–Crippen MR) is 138 cm³/mol. The van der Waals surface area contributed by atoms with Crippen LogP contribution in [0.15, 0.2) is 54.6 Å². The second-order valence-corrected chi connectivity index (χ2v) is 10.6. The highest BCUT2D eigenvalue weighted by Crippen LogP contribution is 2.36. The molecule has 2 fully saturated rings. The first-order valence-electron chi connectivity index (χ1n) is 13.0. The Morgan fingerprint density at radius 1 is 1.11 bits per heavy atom. The minimum absolute atomic E-state index is 0.219.